The van der Waals surface area contributed by atoms with Crippen molar-refractivity contribution < 1.29 is 19.2 Å². The van der Waals surface area contributed by atoms with Crippen molar-refractivity contribution in [2.24, 2.45) is 0 Å². The van der Waals surface area contributed by atoms with Crippen molar-refractivity contribution in [1.82, 2.24) is 4.31 Å². The van der Waals surface area contributed by atoms with Crippen molar-refractivity contribution in [2.75, 3.05) is 17.7 Å². The second-order valence-electron chi connectivity index (χ2n) is 7.78. The molecule has 4 rings (SSSR count). The van der Waals surface area contributed by atoms with Crippen LogP contribution < -0.4 is 15.4 Å². The number of non-ortho nitro benzene ring substituents is 1. The van der Waals surface area contributed by atoms with Gasteiger partial charge in [0.25, 0.3) is 11.6 Å². The number of ether oxygens (including phenoxy) is 1. The summed E-state index contributed by atoms with van der Waals surface area (Å²) >= 11 is 4.34. The number of methoxy groups -OCH3 is 1. The highest BCUT2D eigenvalue weighted by Gasteiger charge is 2.30. The lowest BCUT2D eigenvalue weighted by Crippen LogP contribution is -2.38. The number of nitrogens with zero attached hydrogens (tertiary/aromatic N) is 2. The van der Waals surface area contributed by atoms with Gasteiger partial charge in [0.2, 0.25) is 0 Å². The number of amides is 3. The summed E-state index contributed by atoms with van der Waals surface area (Å²) < 4.78 is 6.14. The third kappa shape index (κ3) is 5.39. The zero-order valence-corrected chi connectivity index (χ0v) is 20.0. The van der Waals surface area contributed by atoms with Crippen LogP contribution in [0.15, 0.2) is 91.0 Å². The van der Waals surface area contributed by atoms with E-state index in [-0.39, 0.29) is 17.1 Å². The number of hydrogen-bond donors (Lipinski definition) is 3. The maximum Gasteiger partial charge on any atom is 0.332 e. The molecule has 0 saturated heterocycles. The lowest BCUT2D eigenvalue weighted by atomic mass is 10.1. The molecule has 182 valence electrons. The first kappa shape index (κ1) is 24.6. The van der Waals surface area contributed by atoms with Crippen LogP contribution >= 0.6 is 12.8 Å². The molecule has 4 aromatic carbocycles. The first-order valence-corrected chi connectivity index (χ1v) is 11.2. The molecular weight excluding hydrogens is 480 g/mol. The highest BCUT2D eigenvalue weighted by molar-refractivity contribution is 7.78. The highest BCUT2D eigenvalue weighted by Crippen LogP contribution is 2.31. The maximum absolute atomic E-state index is 13.4. The quantitative estimate of drug-likeness (QED) is 0.168. The second kappa shape index (κ2) is 10.8. The van der Waals surface area contributed by atoms with Gasteiger partial charge in [-0.2, -0.15) is 0 Å². The number of rotatable bonds is 7. The van der Waals surface area contributed by atoms with Crippen LogP contribution in [0.2, 0.25) is 0 Å². The van der Waals surface area contributed by atoms with Gasteiger partial charge in [0, 0.05) is 17.8 Å². The molecular formula is C26H22N4O5S. The molecule has 2 N–H and O–H groups in total. The van der Waals surface area contributed by atoms with Gasteiger partial charge in [-0.25, -0.2) is 4.79 Å². The van der Waals surface area contributed by atoms with E-state index in [4.69, 9.17) is 4.74 Å². The molecule has 9 nitrogen and oxygen atoms in total. The molecule has 0 heterocycles. The summed E-state index contributed by atoms with van der Waals surface area (Å²) in [5.41, 5.74) is 0.914. The lowest BCUT2D eigenvalue weighted by Gasteiger charge is -2.27. The Morgan fingerprint density at radius 3 is 2.31 bits per heavy atom. The minimum atomic E-state index is -1.12. The summed E-state index contributed by atoms with van der Waals surface area (Å²) in [6.07, 6.45) is 0. The van der Waals surface area contributed by atoms with Crippen LogP contribution in [0.3, 0.4) is 0 Å². The smallest absolute Gasteiger partial charge is 0.332 e. The van der Waals surface area contributed by atoms with E-state index in [0.29, 0.717) is 11.3 Å². The van der Waals surface area contributed by atoms with Crippen LogP contribution in [-0.2, 0) is 4.79 Å². The Morgan fingerprint density at radius 2 is 1.61 bits per heavy atom. The van der Waals surface area contributed by atoms with Crippen molar-refractivity contribution in [3.63, 3.8) is 0 Å². The Bertz CT molecular complexity index is 1430. The van der Waals surface area contributed by atoms with E-state index < -0.39 is 22.9 Å². The Hall–Kier alpha value is -4.57. The normalized spacial score (nSPS) is 11.4. The third-order valence-electron chi connectivity index (χ3n) is 5.47. The molecule has 1 unspecified atom stereocenters. The molecule has 0 spiro atoms. The average Bonchev–Trinajstić information content (AvgIpc) is 2.89. The number of thiol groups is 1. The number of fused-ring (bicyclic) bond motifs is 1. The van der Waals surface area contributed by atoms with Gasteiger partial charge in [0.15, 0.2) is 0 Å². The van der Waals surface area contributed by atoms with Gasteiger partial charge in [-0.15, -0.1) is 0 Å². The molecule has 0 radical (unpaired) electrons. The van der Waals surface area contributed by atoms with E-state index >= 15 is 0 Å². The van der Waals surface area contributed by atoms with Gasteiger partial charge in [0.1, 0.15) is 11.8 Å². The Balaban J connectivity index is 1.61. The minimum absolute atomic E-state index is 0.0671. The number of nitro benzene ring substituents is 1. The average molecular weight is 503 g/mol. The van der Waals surface area contributed by atoms with Gasteiger partial charge in [0.05, 0.1) is 17.7 Å². The fraction of sp³-hybridized carbons (Fsp3) is 0.0769. The summed E-state index contributed by atoms with van der Waals surface area (Å²) in [6, 6.07) is 23.8. The standard InChI is InChI=1S/C26H22N4O5S/c1-35-23-14-13-21(30(33)34)16-22(23)28-26(32)29(36)24(18-8-3-2-4-9-18)25(31)27-20-12-11-17-7-5-6-10-19(17)15-20/h2-16,24,36H,1H3,(H,27,31)(H,28,32). The predicted octanol–water partition coefficient (Wildman–Crippen LogP) is 5.82. The van der Waals surface area contributed by atoms with Crippen molar-refractivity contribution in [1.29, 1.82) is 0 Å². The van der Waals surface area contributed by atoms with Crippen LogP contribution in [0.4, 0.5) is 21.9 Å². The van der Waals surface area contributed by atoms with Gasteiger partial charge < -0.3 is 15.4 Å². The van der Waals surface area contributed by atoms with Crippen molar-refractivity contribution in [2.45, 2.75) is 6.04 Å². The van der Waals surface area contributed by atoms with Gasteiger partial charge in [-0.1, -0.05) is 73.5 Å². The summed E-state index contributed by atoms with van der Waals surface area (Å²) in [5, 5.41) is 18.6. The second-order valence-corrected chi connectivity index (χ2v) is 8.21. The van der Waals surface area contributed by atoms with Crippen molar-refractivity contribution >= 4 is 52.6 Å². The number of carbonyl (C=O) groups excluding carboxylic acids is 2. The maximum atomic E-state index is 13.4. The van der Waals surface area contributed by atoms with E-state index in [9.17, 15) is 19.7 Å². The van der Waals surface area contributed by atoms with E-state index in [1.54, 1.807) is 36.4 Å². The number of nitro groups is 1. The van der Waals surface area contributed by atoms with Crippen LogP contribution in [0.1, 0.15) is 11.6 Å². The number of anilines is 2. The molecule has 3 amide bonds. The summed E-state index contributed by atoms with van der Waals surface area (Å²) in [6.45, 7) is 0. The molecule has 36 heavy (non-hydrogen) atoms. The van der Waals surface area contributed by atoms with Crippen molar-refractivity contribution in [3.8, 4) is 5.75 Å². The lowest BCUT2D eigenvalue weighted by molar-refractivity contribution is -0.384. The van der Waals surface area contributed by atoms with Crippen LogP contribution in [-0.4, -0.2) is 28.3 Å². The third-order valence-corrected chi connectivity index (χ3v) is 5.88. The topological polar surface area (TPSA) is 114 Å². The molecule has 0 bridgehead atoms. The van der Waals surface area contributed by atoms with Gasteiger partial charge in [-0.3, -0.25) is 19.2 Å². The molecule has 0 saturated carbocycles. The molecule has 1 atom stereocenters. The molecule has 4 aromatic rings. The monoisotopic (exact) mass is 502 g/mol. The van der Waals surface area contributed by atoms with Gasteiger partial charge in [-0.05, 0) is 34.5 Å². The number of carbonyl (C=O) groups is 2. The first-order valence-electron chi connectivity index (χ1n) is 10.8. The molecule has 0 aliphatic heterocycles. The Kier molecular flexibility index (Phi) is 7.36. The fourth-order valence-corrected chi connectivity index (χ4v) is 4.00. The summed E-state index contributed by atoms with van der Waals surface area (Å²) in [7, 11) is 1.37. The van der Waals surface area contributed by atoms with Gasteiger partial charge >= 0.3 is 6.03 Å². The van der Waals surface area contributed by atoms with E-state index in [1.165, 1.54) is 25.3 Å². The molecule has 0 aliphatic rings. The molecule has 0 fully saturated rings. The number of nitrogens with one attached hydrogen (secondary N) is 2. The zero-order valence-electron chi connectivity index (χ0n) is 19.1. The number of hydrogen-bond acceptors (Lipinski definition) is 6. The summed E-state index contributed by atoms with van der Waals surface area (Å²) in [4.78, 5) is 37.2. The van der Waals surface area contributed by atoms with Crippen LogP contribution in [0.5, 0.6) is 5.75 Å². The van der Waals surface area contributed by atoms with Crippen LogP contribution in [0, 0.1) is 10.1 Å². The molecule has 0 aromatic heterocycles. The van der Waals surface area contributed by atoms with E-state index in [0.717, 1.165) is 15.1 Å². The largest absolute Gasteiger partial charge is 0.495 e. The molecule has 0 aliphatic carbocycles. The fourth-order valence-electron chi connectivity index (χ4n) is 3.71. The zero-order chi connectivity index (χ0) is 25.7. The van der Waals surface area contributed by atoms with E-state index in [1.807, 2.05) is 36.4 Å². The molecule has 10 heteroatoms. The predicted molar refractivity (Wildman–Crippen MR) is 141 cm³/mol. The SMILES string of the molecule is COc1ccc([N+](=O)[O-])cc1NC(=O)N(S)C(C(=O)Nc1ccc2ccccc2c1)c1ccccc1. The number of benzene rings is 4. The minimum Gasteiger partial charge on any atom is -0.495 e. The Morgan fingerprint density at radius 1 is 0.917 bits per heavy atom. The number of urea groups is 1. The highest BCUT2D eigenvalue weighted by atomic mass is 32.1. The first-order chi connectivity index (χ1) is 17.4. The van der Waals surface area contributed by atoms with Crippen LogP contribution in [0.25, 0.3) is 10.8 Å². The summed E-state index contributed by atoms with van der Waals surface area (Å²) in [5.74, 6) is -0.278. The van der Waals surface area contributed by atoms with E-state index in [2.05, 4.69) is 23.4 Å². The Labute approximate surface area is 212 Å². The van der Waals surface area contributed by atoms with Crippen molar-refractivity contribution in [3.05, 3.63) is 107 Å².